The van der Waals surface area contributed by atoms with Crippen LogP contribution in [0.2, 0.25) is 0 Å². The molecular weight excluding hydrogens is 308 g/mol. The summed E-state index contributed by atoms with van der Waals surface area (Å²) in [4.78, 5) is 4.32. The smallest absolute Gasteiger partial charge is 0.0684 e. The first kappa shape index (κ1) is 12.1. The molecule has 2 nitrogen and oxygen atoms in total. The summed E-state index contributed by atoms with van der Waals surface area (Å²) in [5.74, 6) is 0.671. The molecule has 1 N–H and O–H groups in total. The molecular formula is C10H14Br2N2. The van der Waals surface area contributed by atoms with Gasteiger partial charge in [0.05, 0.1) is 5.69 Å². The fourth-order valence-electron chi connectivity index (χ4n) is 1.05. The van der Waals surface area contributed by atoms with Gasteiger partial charge in [-0.15, -0.1) is 0 Å². The highest BCUT2D eigenvalue weighted by atomic mass is 79.9. The first-order valence-corrected chi connectivity index (χ1v) is 6.19. The lowest BCUT2D eigenvalue weighted by Crippen LogP contribution is -2.19. The van der Waals surface area contributed by atoms with Gasteiger partial charge in [-0.1, -0.05) is 13.8 Å². The van der Waals surface area contributed by atoms with Crippen molar-refractivity contribution in [3.63, 3.8) is 0 Å². The van der Waals surface area contributed by atoms with Crippen LogP contribution in [0.5, 0.6) is 0 Å². The predicted octanol–water partition coefficient (Wildman–Crippen LogP) is 3.35. The van der Waals surface area contributed by atoms with Crippen molar-refractivity contribution in [1.29, 1.82) is 0 Å². The summed E-state index contributed by atoms with van der Waals surface area (Å²) in [6.07, 6.45) is 1.82. The van der Waals surface area contributed by atoms with E-state index >= 15 is 0 Å². The van der Waals surface area contributed by atoms with Crippen LogP contribution in [0.1, 0.15) is 19.5 Å². The molecule has 78 valence electrons. The average Bonchev–Trinajstić information content (AvgIpc) is 2.08. The van der Waals surface area contributed by atoms with Gasteiger partial charge in [-0.05, 0) is 50.4 Å². The van der Waals surface area contributed by atoms with E-state index in [0.29, 0.717) is 5.92 Å². The molecule has 1 heterocycles. The fraction of sp³-hybridized carbons (Fsp3) is 0.500. The van der Waals surface area contributed by atoms with Crippen molar-refractivity contribution in [2.75, 3.05) is 6.54 Å². The highest BCUT2D eigenvalue weighted by Crippen LogP contribution is 2.19. The van der Waals surface area contributed by atoms with E-state index in [-0.39, 0.29) is 0 Å². The quantitative estimate of drug-likeness (QED) is 0.920. The van der Waals surface area contributed by atoms with Crippen molar-refractivity contribution in [1.82, 2.24) is 10.3 Å². The summed E-state index contributed by atoms with van der Waals surface area (Å²) < 4.78 is 2.04. The molecule has 0 unspecified atom stereocenters. The molecule has 14 heavy (non-hydrogen) atoms. The van der Waals surface area contributed by atoms with Crippen molar-refractivity contribution < 1.29 is 0 Å². The van der Waals surface area contributed by atoms with Gasteiger partial charge in [-0.3, -0.25) is 4.98 Å². The van der Waals surface area contributed by atoms with Gasteiger partial charge in [0.25, 0.3) is 0 Å². The first-order chi connectivity index (χ1) is 6.59. The van der Waals surface area contributed by atoms with Gasteiger partial charge in [0, 0.05) is 21.7 Å². The zero-order valence-electron chi connectivity index (χ0n) is 8.35. The van der Waals surface area contributed by atoms with Gasteiger partial charge in [-0.2, -0.15) is 0 Å². The largest absolute Gasteiger partial charge is 0.311 e. The SMILES string of the molecule is CC(C)CNCc1ncc(Br)cc1Br. The number of hydrogen-bond acceptors (Lipinski definition) is 2. The summed E-state index contributed by atoms with van der Waals surface area (Å²) in [6, 6.07) is 2.01. The average molecular weight is 322 g/mol. The Morgan fingerprint density at radius 1 is 1.43 bits per heavy atom. The second-order valence-electron chi connectivity index (χ2n) is 3.61. The number of nitrogens with zero attached hydrogens (tertiary/aromatic N) is 1. The molecule has 0 bridgehead atoms. The second-order valence-corrected chi connectivity index (χ2v) is 5.38. The molecule has 0 atom stereocenters. The summed E-state index contributed by atoms with van der Waals surface area (Å²) >= 11 is 6.86. The zero-order valence-corrected chi connectivity index (χ0v) is 11.5. The summed E-state index contributed by atoms with van der Waals surface area (Å²) in [6.45, 7) is 6.21. The van der Waals surface area contributed by atoms with Crippen molar-refractivity contribution in [3.05, 3.63) is 26.9 Å². The molecule has 1 aromatic rings. The molecule has 0 aliphatic rings. The third-order valence-corrected chi connectivity index (χ3v) is 2.85. The summed E-state index contributed by atoms with van der Waals surface area (Å²) in [5.41, 5.74) is 1.05. The van der Waals surface area contributed by atoms with Crippen molar-refractivity contribution in [2.45, 2.75) is 20.4 Å². The Bertz CT molecular complexity index is 300. The van der Waals surface area contributed by atoms with Gasteiger partial charge in [0.1, 0.15) is 0 Å². The van der Waals surface area contributed by atoms with E-state index in [2.05, 4.69) is 56.0 Å². The Balaban J connectivity index is 2.51. The Morgan fingerprint density at radius 2 is 2.14 bits per heavy atom. The van der Waals surface area contributed by atoms with Crippen LogP contribution in [0.4, 0.5) is 0 Å². The highest BCUT2D eigenvalue weighted by Gasteiger charge is 2.02. The Kier molecular flexibility index (Phi) is 5.06. The van der Waals surface area contributed by atoms with E-state index in [9.17, 15) is 0 Å². The Labute approximate surface area is 102 Å². The Hall–Kier alpha value is 0.0700. The topological polar surface area (TPSA) is 24.9 Å². The van der Waals surface area contributed by atoms with Crippen LogP contribution in [0.3, 0.4) is 0 Å². The van der Waals surface area contributed by atoms with Crippen LogP contribution in [0, 0.1) is 5.92 Å². The van der Waals surface area contributed by atoms with Gasteiger partial charge in [-0.25, -0.2) is 0 Å². The molecule has 0 aromatic carbocycles. The van der Waals surface area contributed by atoms with Crippen molar-refractivity contribution in [3.8, 4) is 0 Å². The second kappa shape index (κ2) is 5.83. The number of rotatable bonds is 4. The van der Waals surface area contributed by atoms with Crippen molar-refractivity contribution >= 4 is 31.9 Å². The zero-order chi connectivity index (χ0) is 10.6. The molecule has 0 radical (unpaired) electrons. The number of pyridine rings is 1. The standard InChI is InChI=1S/C10H14Br2N2/c1-7(2)4-13-6-10-9(12)3-8(11)5-14-10/h3,5,7,13H,4,6H2,1-2H3. The molecule has 0 amide bonds. The minimum atomic E-state index is 0.671. The van der Waals surface area contributed by atoms with Crippen LogP contribution in [0.15, 0.2) is 21.2 Å². The molecule has 4 heteroatoms. The normalized spacial score (nSPS) is 10.9. The predicted molar refractivity (Wildman–Crippen MR) is 66.2 cm³/mol. The molecule has 0 saturated heterocycles. The lowest BCUT2D eigenvalue weighted by atomic mass is 10.2. The fourth-order valence-corrected chi connectivity index (χ4v) is 2.18. The van der Waals surface area contributed by atoms with Crippen LogP contribution < -0.4 is 5.32 Å². The van der Waals surface area contributed by atoms with Gasteiger partial charge < -0.3 is 5.32 Å². The molecule has 0 saturated carbocycles. The third-order valence-electron chi connectivity index (χ3n) is 1.73. The summed E-state index contributed by atoms with van der Waals surface area (Å²) in [5, 5.41) is 3.35. The van der Waals surface area contributed by atoms with E-state index in [1.165, 1.54) is 0 Å². The number of aromatic nitrogens is 1. The first-order valence-electron chi connectivity index (χ1n) is 4.60. The van der Waals surface area contributed by atoms with E-state index in [1.807, 2.05) is 12.3 Å². The lowest BCUT2D eigenvalue weighted by Gasteiger charge is -2.08. The van der Waals surface area contributed by atoms with E-state index < -0.39 is 0 Å². The molecule has 0 aliphatic carbocycles. The molecule has 0 spiro atoms. The highest BCUT2D eigenvalue weighted by molar-refractivity contribution is 9.11. The van der Waals surface area contributed by atoms with E-state index in [4.69, 9.17) is 0 Å². The van der Waals surface area contributed by atoms with Gasteiger partial charge in [0.2, 0.25) is 0 Å². The summed E-state index contributed by atoms with van der Waals surface area (Å²) in [7, 11) is 0. The van der Waals surface area contributed by atoms with Crippen LogP contribution in [0.25, 0.3) is 0 Å². The third kappa shape index (κ3) is 4.07. The van der Waals surface area contributed by atoms with Gasteiger partial charge in [0.15, 0.2) is 0 Å². The number of halogens is 2. The van der Waals surface area contributed by atoms with Crippen LogP contribution in [-0.2, 0) is 6.54 Å². The van der Waals surface area contributed by atoms with E-state index in [1.54, 1.807) is 0 Å². The minimum absolute atomic E-state index is 0.671. The minimum Gasteiger partial charge on any atom is -0.311 e. The van der Waals surface area contributed by atoms with Gasteiger partial charge >= 0.3 is 0 Å². The van der Waals surface area contributed by atoms with Crippen LogP contribution in [-0.4, -0.2) is 11.5 Å². The lowest BCUT2D eigenvalue weighted by molar-refractivity contribution is 0.547. The maximum atomic E-state index is 4.32. The number of hydrogen-bond donors (Lipinski definition) is 1. The monoisotopic (exact) mass is 320 g/mol. The molecule has 1 rings (SSSR count). The Morgan fingerprint density at radius 3 is 2.71 bits per heavy atom. The maximum Gasteiger partial charge on any atom is 0.0684 e. The molecule has 1 aromatic heterocycles. The van der Waals surface area contributed by atoms with Crippen LogP contribution >= 0.6 is 31.9 Å². The van der Waals surface area contributed by atoms with E-state index in [0.717, 1.165) is 27.7 Å². The maximum absolute atomic E-state index is 4.32. The molecule has 0 fully saturated rings. The number of nitrogens with one attached hydrogen (secondary N) is 1. The molecule has 0 aliphatic heterocycles. The van der Waals surface area contributed by atoms with Crippen molar-refractivity contribution in [2.24, 2.45) is 5.92 Å².